The molecule has 0 bridgehead atoms. The summed E-state index contributed by atoms with van der Waals surface area (Å²) >= 11 is 0. The zero-order chi connectivity index (χ0) is 14.4. The molecule has 0 saturated carbocycles. The van der Waals surface area contributed by atoms with Gasteiger partial charge in [0.25, 0.3) is 11.7 Å². The number of Topliss-reactive ketones (excluding diaryl/α,β-unsaturated/α-hetero) is 1. The highest BCUT2D eigenvalue weighted by atomic mass is 16.4. The number of carboxylic acids is 1. The molecule has 0 aliphatic carbocycles. The molecule has 2 atom stereocenters. The van der Waals surface area contributed by atoms with Crippen LogP contribution >= 0.6 is 0 Å². The Morgan fingerprint density at radius 2 is 2.15 bits per heavy atom. The maximum atomic E-state index is 12.4. The van der Waals surface area contributed by atoms with Crippen LogP contribution in [-0.4, -0.2) is 34.2 Å². The lowest BCUT2D eigenvalue weighted by Gasteiger charge is -2.21. The predicted molar refractivity (Wildman–Crippen MR) is 70.6 cm³/mol. The number of carboxylic acid groups (broad SMARTS) is 1. The van der Waals surface area contributed by atoms with E-state index in [2.05, 4.69) is 6.92 Å². The van der Waals surface area contributed by atoms with E-state index in [-0.39, 0.29) is 17.5 Å². The molecule has 1 fully saturated rings. The number of fused-ring (bicyclic) bond motifs is 3. The number of aliphatic carboxylic acids is 1. The average molecular weight is 273 g/mol. The van der Waals surface area contributed by atoms with Gasteiger partial charge in [0, 0.05) is 17.7 Å². The van der Waals surface area contributed by atoms with Crippen LogP contribution in [0.1, 0.15) is 52.1 Å². The summed E-state index contributed by atoms with van der Waals surface area (Å²) in [6, 6.07) is 4.64. The van der Waals surface area contributed by atoms with E-state index < -0.39 is 11.8 Å². The van der Waals surface area contributed by atoms with E-state index >= 15 is 0 Å². The highest BCUT2D eigenvalue weighted by Gasteiger charge is 2.46. The van der Waals surface area contributed by atoms with Gasteiger partial charge < -0.3 is 10.0 Å². The molecule has 104 valence electrons. The van der Waals surface area contributed by atoms with Gasteiger partial charge in [0.05, 0.1) is 6.04 Å². The number of carbonyl (C=O) groups is 3. The highest BCUT2D eigenvalue weighted by molar-refractivity contribution is 6.40. The quantitative estimate of drug-likeness (QED) is 0.674. The zero-order valence-corrected chi connectivity index (χ0v) is 11.1. The van der Waals surface area contributed by atoms with Crippen molar-refractivity contribution in [1.29, 1.82) is 0 Å². The number of nitrogens with zero attached hydrogens (tertiary/aromatic N) is 1. The minimum Gasteiger partial charge on any atom is -0.475 e. The Morgan fingerprint density at radius 3 is 2.80 bits per heavy atom. The Bertz CT molecular complexity index is 622. The average Bonchev–Trinajstić information content (AvgIpc) is 2.98. The van der Waals surface area contributed by atoms with Gasteiger partial charge in [-0.05, 0) is 24.0 Å². The largest absolute Gasteiger partial charge is 0.475 e. The van der Waals surface area contributed by atoms with Crippen molar-refractivity contribution in [3.8, 4) is 0 Å². The summed E-state index contributed by atoms with van der Waals surface area (Å²) in [6.07, 6.45) is 1.81. The van der Waals surface area contributed by atoms with Crippen LogP contribution in [0.3, 0.4) is 0 Å². The smallest absolute Gasteiger partial charge is 0.377 e. The maximum Gasteiger partial charge on any atom is 0.377 e. The minimum atomic E-state index is -1.48. The lowest BCUT2D eigenvalue weighted by atomic mass is 9.87. The summed E-state index contributed by atoms with van der Waals surface area (Å²) in [5, 5.41) is 8.95. The van der Waals surface area contributed by atoms with E-state index in [4.69, 9.17) is 5.11 Å². The summed E-state index contributed by atoms with van der Waals surface area (Å²) in [5.41, 5.74) is 1.27. The maximum absolute atomic E-state index is 12.4. The molecule has 5 nitrogen and oxygen atoms in total. The fourth-order valence-electron chi connectivity index (χ4n) is 3.44. The Labute approximate surface area is 116 Å². The van der Waals surface area contributed by atoms with Gasteiger partial charge in [-0.1, -0.05) is 25.5 Å². The molecule has 0 spiro atoms. The molecule has 2 aliphatic rings. The molecule has 2 aliphatic heterocycles. The summed E-state index contributed by atoms with van der Waals surface area (Å²) < 4.78 is 0. The van der Waals surface area contributed by atoms with Crippen molar-refractivity contribution < 1.29 is 19.5 Å². The molecule has 3 rings (SSSR count). The molecule has 1 amide bonds. The SMILES string of the molecule is CCC1CCN2C(=O)c3cccc(C(=O)C(=O)O)c3C12. The van der Waals surface area contributed by atoms with Gasteiger partial charge in [-0.3, -0.25) is 9.59 Å². The number of rotatable bonds is 3. The standard InChI is InChI=1S/C15H15NO4/c1-2-8-6-7-16-12(8)11-9(13(17)15(19)20)4-3-5-10(11)14(16)18/h3-5,8,12H,2,6-7H2,1H3,(H,19,20). The molecule has 1 saturated heterocycles. The van der Waals surface area contributed by atoms with Crippen molar-refractivity contribution in [1.82, 2.24) is 4.90 Å². The molecule has 20 heavy (non-hydrogen) atoms. The molecule has 1 aromatic carbocycles. The predicted octanol–water partition coefficient (Wildman–Crippen LogP) is 1.88. The minimum absolute atomic E-state index is 0.0824. The van der Waals surface area contributed by atoms with E-state index in [1.54, 1.807) is 17.0 Å². The Kier molecular flexibility index (Phi) is 2.85. The van der Waals surface area contributed by atoms with E-state index in [1.807, 2.05) is 0 Å². The van der Waals surface area contributed by atoms with Gasteiger partial charge in [-0.25, -0.2) is 4.79 Å². The number of hydrogen-bond acceptors (Lipinski definition) is 3. The Morgan fingerprint density at radius 1 is 1.40 bits per heavy atom. The van der Waals surface area contributed by atoms with Crippen LogP contribution in [0.15, 0.2) is 18.2 Å². The highest BCUT2D eigenvalue weighted by Crippen LogP contribution is 2.47. The van der Waals surface area contributed by atoms with Crippen LogP contribution in [0.4, 0.5) is 0 Å². The molecular formula is C15H15NO4. The lowest BCUT2D eigenvalue weighted by molar-refractivity contribution is -0.131. The molecule has 0 aromatic heterocycles. The summed E-state index contributed by atoms with van der Waals surface area (Å²) in [5.74, 6) is -2.20. The second-order valence-corrected chi connectivity index (χ2v) is 5.30. The molecular weight excluding hydrogens is 258 g/mol. The lowest BCUT2D eigenvalue weighted by Crippen LogP contribution is -2.24. The number of benzene rings is 1. The second-order valence-electron chi connectivity index (χ2n) is 5.30. The summed E-state index contributed by atoms with van der Waals surface area (Å²) in [4.78, 5) is 37.0. The molecule has 2 unspecified atom stereocenters. The summed E-state index contributed by atoms with van der Waals surface area (Å²) in [7, 11) is 0. The third-order valence-electron chi connectivity index (χ3n) is 4.38. The van der Waals surface area contributed by atoms with E-state index in [1.165, 1.54) is 6.07 Å². The van der Waals surface area contributed by atoms with Gasteiger partial charge in [-0.15, -0.1) is 0 Å². The third kappa shape index (κ3) is 1.59. The number of amides is 1. The first-order valence-electron chi connectivity index (χ1n) is 6.77. The number of ketones is 1. The number of carbonyl (C=O) groups excluding carboxylic acids is 2. The van der Waals surface area contributed by atoms with Gasteiger partial charge in [-0.2, -0.15) is 0 Å². The van der Waals surface area contributed by atoms with Gasteiger partial charge >= 0.3 is 5.97 Å². The van der Waals surface area contributed by atoms with Crippen molar-refractivity contribution in [2.24, 2.45) is 5.92 Å². The van der Waals surface area contributed by atoms with E-state index in [0.29, 0.717) is 23.6 Å². The van der Waals surface area contributed by atoms with Crippen LogP contribution in [0.25, 0.3) is 0 Å². The van der Waals surface area contributed by atoms with Gasteiger partial charge in [0.2, 0.25) is 0 Å². The fourth-order valence-corrected chi connectivity index (χ4v) is 3.44. The van der Waals surface area contributed by atoms with Crippen LogP contribution in [0.5, 0.6) is 0 Å². The molecule has 2 heterocycles. The van der Waals surface area contributed by atoms with Crippen molar-refractivity contribution in [2.75, 3.05) is 6.54 Å². The topological polar surface area (TPSA) is 74.7 Å². The zero-order valence-electron chi connectivity index (χ0n) is 11.1. The molecule has 5 heteroatoms. The van der Waals surface area contributed by atoms with Crippen LogP contribution < -0.4 is 0 Å². The van der Waals surface area contributed by atoms with Gasteiger partial charge in [0.1, 0.15) is 0 Å². The first-order chi connectivity index (χ1) is 9.56. The first-order valence-corrected chi connectivity index (χ1v) is 6.77. The third-order valence-corrected chi connectivity index (χ3v) is 4.38. The van der Waals surface area contributed by atoms with Crippen LogP contribution in [0.2, 0.25) is 0 Å². The molecule has 0 radical (unpaired) electrons. The number of hydrogen-bond donors (Lipinski definition) is 1. The van der Waals surface area contributed by atoms with Crippen molar-refractivity contribution in [2.45, 2.75) is 25.8 Å². The first kappa shape index (κ1) is 12.8. The second kappa shape index (κ2) is 4.44. The summed E-state index contributed by atoms with van der Waals surface area (Å²) in [6.45, 7) is 2.73. The van der Waals surface area contributed by atoms with E-state index in [0.717, 1.165) is 12.8 Å². The monoisotopic (exact) mass is 273 g/mol. The molecule has 1 aromatic rings. The van der Waals surface area contributed by atoms with Gasteiger partial charge in [0.15, 0.2) is 0 Å². The van der Waals surface area contributed by atoms with Crippen LogP contribution in [0, 0.1) is 5.92 Å². The van der Waals surface area contributed by atoms with E-state index in [9.17, 15) is 14.4 Å². The Balaban J connectivity index is 2.18. The Hall–Kier alpha value is -2.17. The normalized spacial score (nSPS) is 23.6. The van der Waals surface area contributed by atoms with Crippen molar-refractivity contribution in [3.05, 3.63) is 34.9 Å². The molecule has 1 N–H and O–H groups in total. The van der Waals surface area contributed by atoms with Crippen molar-refractivity contribution >= 4 is 17.7 Å². The van der Waals surface area contributed by atoms with Crippen LogP contribution in [-0.2, 0) is 4.79 Å². The fraction of sp³-hybridized carbons (Fsp3) is 0.400. The van der Waals surface area contributed by atoms with Crippen molar-refractivity contribution in [3.63, 3.8) is 0 Å².